The summed E-state index contributed by atoms with van der Waals surface area (Å²) >= 11 is 0. The molecule has 0 spiro atoms. The van der Waals surface area contributed by atoms with E-state index in [9.17, 15) is 5.11 Å². The third kappa shape index (κ3) is 3.92. The molecule has 2 unspecified atom stereocenters. The molecule has 0 radical (unpaired) electrons. The number of rotatable bonds is 7. The van der Waals surface area contributed by atoms with Crippen molar-refractivity contribution in [3.05, 3.63) is 40.9 Å². The fraction of sp³-hybridized carbons (Fsp3) is 0.545. The normalized spacial score (nSPS) is 22.4. The number of benzene rings is 1. The monoisotopic (exact) mass is 389 g/mol. The number of likely N-dealkylation sites (tertiary alicyclic amines) is 1. The van der Waals surface area contributed by atoms with E-state index in [0.29, 0.717) is 47.1 Å². The standard InChI is InChI=1S/C22H31NO5/c1-6-17-9-15-10-18(24)19(25-2)11-16(15)13-23(17)12-14-7-20(26-3)22(28-5)21(8-14)27-4/h7-8,11,15,17,24H,6,9-10,12-13H2,1-5H3. The van der Waals surface area contributed by atoms with Crippen molar-refractivity contribution in [3.63, 3.8) is 0 Å². The number of fused-ring (bicyclic) bond motifs is 1. The van der Waals surface area contributed by atoms with Gasteiger partial charge in [0.05, 0.1) is 28.4 Å². The molecule has 1 aromatic carbocycles. The lowest BCUT2D eigenvalue weighted by Gasteiger charge is -2.42. The Morgan fingerprint density at radius 3 is 2.25 bits per heavy atom. The number of methoxy groups -OCH3 is 4. The summed E-state index contributed by atoms with van der Waals surface area (Å²) in [4.78, 5) is 2.48. The van der Waals surface area contributed by atoms with Gasteiger partial charge in [0.2, 0.25) is 5.75 Å². The molecule has 1 aromatic rings. The first-order valence-corrected chi connectivity index (χ1v) is 9.74. The zero-order valence-electron chi connectivity index (χ0n) is 17.4. The van der Waals surface area contributed by atoms with Gasteiger partial charge in [-0.25, -0.2) is 0 Å². The summed E-state index contributed by atoms with van der Waals surface area (Å²) in [6.07, 6.45) is 4.78. The van der Waals surface area contributed by atoms with E-state index in [-0.39, 0.29) is 0 Å². The van der Waals surface area contributed by atoms with Gasteiger partial charge >= 0.3 is 0 Å². The first-order valence-electron chi connectivity index (χ1n) is 9.74. The fourth-order valence-electron chi connectivity index (χ4n) is 4.33. The summed E-state index contributed by atoms with van der Waals surface area (Å²) < 4.78 is 21.8. The highest BCUT2D eigenvalue weighted by Gasteiger charge is 2.34. The van der Waals surface area contributed by atoms with Crippen LogP contribution in [0.5, 0.6) is 17.2 Å². The molecule has 1 N–H and O–H groups in total. The number of ether oxygens (including phenoxy) is 4. The van der Waals surface area contributed by atoms with Crippen LogP contribution in [0.15, 0.2) is 35.3 Å². The van der Waals surface area contributed by atoms with E-state index in [1.807, 2.05) is 18.2 Å². The third-order valence-electron chi connectivity index (χ3n) is 5.83. The van der Waals surface area contributed by atoms with E-state index >= 15 is 0 Å². The molecule has 2 atom stereocenters. The van der Waals surface area contributed by atoms with Crippen LogP contribution in [0.3, 0.4) is 0 Å². The van der Waals surface area contributed by atoms with Crippen molar-refractivity contribution in [1.82, 2.24) is 4.90 Å². The van der Waals surface area contributed by atoms with Gasteiger partial charge in [-0.2, -0.15) is 0 Å². The number of hydrogen-bond acceptors (Lipinski definition) is 6. The van der Waals surface area contributed by atoms with Crippen molar-refractivity contribution < 1.29 is 24.1 Å². The molecule has 6 nitrogen and oxygen atoms in total. The summed E-state index contributed by atoms with van der Waals surface area (Å²) in [5.41, 5.74) is 2.44. The fourth-order valence-corrected chi connectivity index (χ4v) is 4.33. The van der Waals surface area contributed by atoms with Crippen LogP contribution in [0.25, 0.3) is 0 Å². The Labute approximate surface area is 167 Å². The molecule has 3 rings (SSSR count). The highest BCUT2D eigenvalue weighted by molar-refractivity contribution is 5.53. The molecule has 1 aliphatic carbocycles. The van der Waals surface area contributed by atoms with Crippen LogP contribution in [-0.4, -0.2) is 51.0 Å². The van der Waals surface area contributed by atoms with Crippen LogP contribution >= 0.6 is 0 Å². The molecule has 1 heterocycles. The molecule has 0 bridgehead atoms. The largest absolute Gasteiger partial charge is 0.508 e. The molecule has 1 aliphatic heterocycles. The minimum Gasteiger partial charge on any atom is -0.508 e. The number of allylic oxidation sites excluding steroid dienone is 2. The third-order valence-corrected chi connectivity index (χ3v) is 5.83. The highest BCUT2D eigenvalue weighted by Crippen LogP contribution is 2.41. The summed E-state index contributed by atoms with van der Waals surface area (Å²) in [5, 5.41) is 10.2. The van der Waals surface area contributed by atoms with Gasteiger partial charge in [0.1, 0.15) is 5.76 Å². The van der Waals surface area contributed by atoms with Crippen molar-refractivity contribution in [2.24, 2.45) is 5.92 Å². The molecule has 154 valence electrons. The smallest absolute Gasteiger partial charge is 0.203 e. The number of aliphatic hydroxyl groups excluding tert-OH is 1. The molecule has 0 amide bonds. The van der Waals surface area contributed by atoms with Crippen LogP contribution in [0, 0.1) is 5.92 Å². The van der Waals surface area contributed by atoms with Crippen LogP contribution in [0.2, 0.25) is 0 Å². The number of hydrogen-bond donors (Lipinski definition) is 1. The minimum atomic E-state index is 0.365. The first kappa shape index (κ1) is 20.4. The zero-order valence-corrected chi connectivity index (χ0v) is 17.4. The number of nitrogens with zero attached hydrogens (tertiary/aromatic N) is 1. The molecule has 28 heavy (non-hydrogen) atoms. The van der Waals surface area contributed by atoms with Gasteiger partial charge in [-0.3, -0.25) is 4.90 Å². The van der Waals surface area contributed by atoms with Gasteiger partial charge in [0.15, 0.2) is 17.3 Å². The SMILES string of the molecule is CCC1CC2CC(O)=C(OC)C=C2CN1Cc1cc(OC)c(OC)c(OC)c1. The second-order valence-corrected chi connectivity index (χ2v) is 7.37. The lowest BCUT2D eigenvalue weighted by atomic mass is 9.80. The Morgan fingerprint density at radius 2 is 1.71 bits per heavy atom. The van der Waals surface area contributed by atoms with Crippen molar-refractivity contribution in [2.45, 2.75) is 38.8 Å². The van der Waals surface area contributed by atoms with Crippen molar-refractivity contribution in [3.8, 4) is 17.2 Å². The maximum Gasteiger partial charge on any atom is 0.203 e. The second-order valence-electron chi connectivity index (χ2n) is 7.37. The van der Waals surface area contributed by atoms with Crippen molar-refractivity contribution >= 4 is 0 Å². The summed E-state index contributed by atoms with van der Waals surface area (Å²) in [6, 6.07) is 4.49. The van der Waals surface area contributed by atoms with Gasteiger partial charge in [-0.05, 0) is 48.1 Å². The molecule has 1 saturated heterocycles. The Morgan fingerprint density at radius 1 is 1.04 bits per heavy atom. The average Bonchev–Trinajstić information content (AvgIpc) is 2.72. The maximum atomic E-state index is 10.2. The molecule has 6 heteroatoms. The van der Waals surface area contributed by atoms with E-state index in [1.54, 1.807) is 28.4 Å². The second kappa shape index (κ2) is 8.78. The van der Waals surface area contributed by atoms with E-state index < -0.39 is 0 Å². The Bertz CT molecular complexity index is 745. The van der Waals surface area contributed by atoms with Gasteiger partial charge in [0.25, 0.3) is 0 Å². The van der Waals surface area contributed by atoms with E-state index in [2.05, 4.69) is 11.8 Å². The van der Waals surface area contributed by atoms with Crippen molar-refractivity contribution in [1.29, 1.82) is 0 Å². The predicted molar refractivity (Wildman–Crippen MR) is 108 cm³/mol. The molecule has 2 aliphatic rings. The Hall–Kier alpha value is -2.34. The lowest BCUT2D eigenvalue weighted by molar-refractivity contribution is 0.128. The quantitative estimate of drug-likeness (QED) is 0.759. The lowest BCUT2D eigenvalue weighted by Crippen LogP contribution is -2.43. The Kier molecular flexibility index (Phi) is 6.39. The van der Waals surface area contributed by atoms with Crippen LogP contribution < -0.4 is 14.2 Å². The summed E-state index contributed by atoms with van der Waals surface area (Å²) in [6.45, 7) is 3.87. The summed E-state index contributed by atoms with van der Waals surface area (Å²) in [5.74, 6) is 3.30. The number of piperidine rings is 1. The Balaban J connectivity index is 1.87. The highest BCUT2D eigenvalue weighted by atomic mass is 16.5. The zero-order chi connectivity index (χ0) is 20.3. The van der Waals surface area contributed by atoms with Crippen LogP contribution in [0.1, 0.15) is 31.7 Å². The van der Waals surface area contributed by atoms with Crippen LogP contribution in [0.4, 0.5) is 0 Å². The van der Waals surface area contributed by atoms with Gasteiger partial charge < -0.3 is 24.1 Å². The van der Waals surface area contributed by atoms with E-state index in [4.69, 9.17) is 18.9 Å². The first-order chi connectivity index (χ1) is 13.5. The van der Waals surface area contributed by atoms with Crippen LogP contribution in [-0.2, 0) is 11.3 Å². The van der Waals surface area contributed by atoms with Gasteiger partial charge in [-0.1, -0.05) is 6.92 Å². The average molecular weight is 389 g/mol. The molecule has 0 aromatic heterocycles. The van der Waals surface area contributed by atoms with Gasteiger partial charge in [0, 0.05) is 25.6 Å². The predicted octanol–water partition coefficient (Wildman–Crippen LogP) is 4.06. The molecular formula is C22H31NO5. The van der Waals surface area contributed by atoms with E-state index in [1.165, 1.54) is 5.57 Å². The molecule has 1 fully saturated rings. The van der Waals surface area contributed by atoms with Gasteiger partial charge in [-0.15, -0.1) is 0 Å². The topological polar surface area (TPSA) is 60.4 Å². The van der Waals surface area contributed by atoms with Crippen molar-refractivity contribution in [2.75, 3.05) is 35.0 Å². The summed E-state index contributed by atoms with van der Waals surface area (Å²) in [7, 11) is 6.50. The number of aliphatic hydroxyl groups is 1. The molecule has 0 saturated carbocycles. The van der Waals surface area contributed by atoms with E-state index in [0.717, 1.165) is 31.5 Å². The maximum absolute atomic E-state index is 10.2. The minimum absolute atomic E-state index is 0.365. The molecular weight excluding hydrogens is 358 g/mol.